The van der Waals surface area contributed by atoms with Crippen LogP contribution in [0.5, 0.6) is 0 Å². The summed E-state index contributed by atoms with van der Waals surface area (Å²) >= 11 is 0. The first-order chi connectivity index (χ1) is 12.0. The van der Waals surface area contributed by atoms with E-state index in [2.05, 4.69) is 11.3 Å². The van der Waals surface area contributed by atoms with Gasteiger partial charge in [0.15, 0.2) is 0 Å². The van der Waals surface area contributed by atoms with E-state index in [-0.39, 0.29) is 5.97 Å². The fourth-order valence-corrected chi connectivity index (χ4v) is 3.55. The van der Waals surface area contributed by atoms with E-state index in [1.807, 2.05) is 61.5 Å². The summed E-state index contributed by atoms with van der Waals surface area (Å²) in [7, 11) is -0.0892. The minimum absolute atomic E-state index is 0.359. The highest BCUT2D eigenvalue weighted by Crippen LogP contribution is 2.17. The smallest absolute Gasteiger partial charge is 0.310 e. The number of carbonyl (C=O) groups excluding carboxylic acids is 1. The van der Waals surface area contributed by atoms with E-state index < -0.39 is 22.9 Å². The van der Waals surface area contributed by atoms with E-state index in [9.17, 15) is 9.00 Å². The van der Waals surface area contributed by atoms with Crippen LogP contribution in [0.3, 0.4) is 0 Å². The molecule has 3 atom stereocenters. The van der Waals surface area contributed by atoms with Crippen molar-refractivity contribution < 1.29 is 13.7 Å². The lowest BCUT2D eigenvalue weighted by molar-refractivity contribution is -0.145. The number of esters is 1. The summed E-state index contributed by atoms with van der Waals surface area (Å²) in [5.41, 5.74) is 2.10. The molecule has 0 saturated carbocycles. The molecule has 0 aliphatic rings. The van der Waals surface area contributed by atoms with Gasteiger partial charge in [-0.3, -0.25) is 4.79 Å². The fraction of sp³-hybridized carbons (Fsp3) is 0.250. The number of ether oxygens (including phenoxy) is 1. The molecule has 1 N–H and O–H groups in total. The molecule has 25 heavy (non-hydrogen) atoms. The minimum atomic E-state index is -1.45. The van der Waals surface area contributed by atoms with Gasteiger partial charge in [0.25, 0.3) is 0 Å². The zero-order valence-corrected chi connectivity index (χ0v) is 15.3. The van der Waals surface area contributed by atoms with Gasteiger partial charge in [0.1, 0.15) is 11.0 Å². The van der Waals surface area contributed by atoms with Gasteiger partial charge in [0.05, 0.1) is 24.0 Å². The minimum Gasteiger partial charge on any atom is -0.469 e. The lowest BCUT2D eigenvalue weighted by atomic mass is 9.92. The number of rotatable bonds is 8. The molecule has 0 aromatic heterocycles. The van der Waals surface area contributed by atoms with Crippen LogP contribution in [-0.4, -0.2) is 23.3 Å². The molecular formula is C20H23NO3S. The van der Waals surface area contributed by atoms with Gasteiger partial charge >= 0.3 is 5.97 Å². The molecule has 4 nitrogen and oxygen atoms in total. The summed E-state index contributed by atoms with van der Waals surface area (Å²) in [6.45, 7) is 5.77. The Morgan fingerprint density at radius 3 is 2.40 bits per heavy atom. The van der Waals surface area contributed by atoms with Crippen molar-refractivity contribution in [1.29, 1.82) is 0 Å². The average molecular weight is 357 g/mol. The number of carbonyl (C=O) groups is 1. The van der Waals surface area contributed by atoms with Crippen molar-refractivity contribution in [2.24, 2.45) is 5.92 Å². The molecule has 132 valence electrons. The summed E-state index contributed by atoms with van der Waals surface area (Å²) in [5.74, 6) is -0.874. The van der Waals surface area contributed by atoms with E-state index in [1.54, 1.807) is 6.08 Å². The van der Waals surface area contributed by atoms with Crippen molar-refractivity contribution >= 4 is 17.0 Å². The molecule has 0 aliphatic carbocycles. The maximum Gasteiger partial charge on any atom is 0.310 e. The van der Waals surface area contributed by atoms with Gasteiger partial charge in [-0.05, 0) is 31.0 Å². The van der Waals surface area contributed by atoms with Crippen molar-refractivity contribution in [3.63, 3.8) is 0 Å². The predicted octanol–water partition coefficient (Wildman–Crippen LogP) is 3.19. The first kappa shape index (κ1) is 19.1. The Bertz CT molecular complexity index is 728. The van der Waals surface area contributed by atoms with Gasteiger partial charge in [-0.2, -0.15) is 0 Å². The molecular weight excluding hydrogens is 334 g/mol. The van der Waals surface area contributed by atoms with Crippen LogP contribution in [-0.2, 0) is 26.9 Å². The van der Waals surface area contributed by atoms with Gasteiger partial charge in [-0.15, -0.1) is 6.58 Å². The maximum atomic E-state index is 12.6. The summed E-state index contributed by atoms with van der Waals surface area (Å²) in [6.07, 6.45) is 2.08. The Labute approximate surface area is 151 Å². The molecule has 0 amide bonds. The van der Waals surface area contributed by atoms with Gasteiger partial charge < -0.3 is 4.74 Å². The third-order valence-corrected chi connectivity index (χ3v) is 5.15. The van der Waals surface area contributed by atoms with Crippen LogP contribution in [0.15, 0.2) is 72.1 Å². The molecule has 5 heteroatoms. The zero-order chi connectivity index (χ0) is 18.2. The lowest BCUT2D eigenvalue weighted by Gasteiger charge is -2.23. The molecule has 2 rings (SSSR count). The van der Waals surface area contributed by atoms with Crippen LogP contribution in [0.1, 0.15) is 11.1 Å². The van der Waals surface area contributed by atoms with Gasteiger partial charge in [0, 0.05) is 0 Å². The number of hydrogen-bond donors (Lipinski definition) is 1. The Hall–Kier alpha value is -2.24. The third-order valence-electron chi connectivity index (χ3n) is 3.97. The van der Waals surface area contributed by atoms with E-state index in [0.29, 0.717) is 11.3 Å². The van der Waals surface area contributed by atoms with Crippen molar-refractivity contribution in [3.8, 4) is 0 Å². The summed E-state index contributed by atoms with van der Waals surface area (Å²) in [6, 6.07) is 16.6. The number of benzene rings is 2. The standard InChI is InChI=1S/C20H23NO3S/c1-4-19(21-25(23)17-12-10-15(2)11-13-17)18(20(22)24-3)14-16-8-6-5-7-9-16/h4-13,18-19,21H,1,14H2,2-3H3/t18-,19-,25-/m0/s1. The highest BCUT2D eigenvalue weighted by atomic mass is 32.2. The molecule has 2 aromatic carbocycles. The molecule has 0 radical (unpaired) electrons. The molecule has 0 heterocycles. The number of hydrogen-bond acceptors (Lipinski definition) is 3. The summed E-state index contributed by atoms with van der Waals surface area (Å²) in [5, 5.41) is 0. The highest BCUT2D eigenvalue weighted by Gasteiger charge is 2.29. The molecule has 0 aliphatic heterocycles. The molecule has 0 saturated heterocycles. The Morgan fingerprint density at radius 2 is 1.84 bits per heavy atom. The summed E-state index contributed by atoms with van der Waals surface area (Å²) in [4.78, 5) is 12.9. The quantitative estimate of drug-likeness (QED) is 0.583. The zero-order valence-electron chi connectivity index (χ0n) is 14.5. The number of methoxy groups -OCH3 is 1. The van der Waals surface area contributed by atoms with Crippen LogP contribution in [0, 0.1) is 12.8 Å². The van der Waals surface area contributed by atoms with E-state index in [1.165, 1.54) is 7.11 Å². The lowest BCUT2D eigenvalue weighted by Crippen LogP contribution is -2.41. The SMILES string of the molecule is C=C[C@H](N[S@@](=O)c1ccc(C)cc1)[C@H](Cc1ccccc1)C(=O)OC. The Morgan fingerprint density at radius 1 is 1.20 bits per heavy atom. The molecule has 2 aromatic rings. The van der Waals surface area contributed by atoms with Crippen LogP contribution >= 0.6 is 0 Å². The second-order valence-corrected chi connectivity index (χ2v) is 7.03. The van der Waals surface area contributed by atoms with Crippen LogP contribution in [0.4, 0.5) is 0 Å². The maximum absolute atomic E-state index is 12.6. The monoisotopic (exact) mass is 357 g/mol. The Kier molecular flexibility index (Phi) is 7.10. The number of aryl methyl sites for hydroxylation is 1. The van der Waals surface area contributed by atoms with Crippen molar-refractivity contribution in [3.05, 3.63) is 78.4 Å². The Balaban J connectivity index is 2.17. The first-order valence-electron chi connectivity index (χ1n) is 8.04. The van der Waals surface area contributed by atoms with Gasteiger partial charge in [-0.1, -0.05) is 54.1 Å². The normalized spacial score (nSPS) is 14.3. The molecule has 0 unspecified atom stereocenters. The van der Waals surface area contributed by atoms with Crippen molar-refractivity contribution in [1.82, 2.24) is 4.72 Å². The predicted molar refractivity (Wildman–Crippen MR) is 100 cm³/mol. The van der Waals surface area contributed by atoms with Gasteiger partial charge in [-0.25, -0.2) is 8.93 Å². The third kappa shape index (κ3) is 5.37. The van der Waals surface area contributed by atoms with E-state index in [4.69, 9.17) is 4.74 Å². The van der Waals surface area contributed by atoms with Crippen molar-refractivity contribution in [2.45, 2.75) is 24.3 Å². The van der Waals surface area contributed by atoms with E-state index in [0.717, 1.165) is 11.1 Å². The average Bonchev–Trinajstić information content (AvgIpc) is 2.65. The number of nitrogens with one attached hydrogen (secondary N) is 1. The topological polar surface area (TPSA) is 55.4 Å². The molecule has 0 bridgehead atoms. The van der Waals surface area contributed by atoms with Crippen LogP contribution in [0.2, 0.25) is 0 Å². The van der Waals surface area contributed by atoms with Crippen molar-refractivity contribution in [2.75, 3.05) is 7.11 Å². The van der Waals surface area contributed by atoms with Crippen LogP contribution in [0.25, 0.3) is 0 Å². The highest BCUT2D eigenvalue weighted by molar-refractivity contribution is 7.83. The second-order valence-electron chi connectivity index (χ2n) is 5.78. The molecule has 0 fully saturated rings. The summed E-state index contributed by atoms with van der Waals surface area (Å²) < 4.78 is 20.5. The largest absolute Gasteiger partial charge is 0.469 e. The van der Waals surface area contributed by atoms with Gasteiger partial charge in [0.2, 0.25) is 0 Å². The second kappa shape index (κ2) is 9.30. The fourth-order valence-electron chi connectivity index (χ4n) is 2.52. The first-order valence-corrected chi connectivity index (χ1v) is 9.19. The van der Waals surface area contributed by atoms with Crippen LogP contribution < -0.4 is 4.72 Å². The van der Waals surface area contributed by atoms with E-state index >= 15 is 0 Å². The molecule has 0 spiro atoms.